The molecule has 0 heterocycles. The highest BCUT2D eigenvalue weighted by Crippen LogP contribution is 2.24. The van der Waals surface area contributed by atoms with Gasteiger partial charge in [0.1, 0.15) is 0 Å². The second kappa shape index (κ2) is 4.40. The lowest BCUT2D eigenvalue weighted by Crippen LogP contribution is -1.90. The third-order valence-electron chi connectivity index (χ3n) is 2.97. The van der Waals surface area contributed by atoms with E-state index in [1.165, 1.54) is 16.7 Å². The van der Waals surface area contributed by atoms with E-state index in [1.807, 2.05) is 13.0 Å². The minimum Gasteiger partial charge on any atom is -0.398 e. The topological polar surface area (TPSA) is 26.0 Å². The van der Waals surface area contributed by atoms with E-state index in [2.05, 4.69) is 43.3 Å². The maximum atomic E-state index is 5.91. The second-order valence-electron chi connectivity index (χ2n) is 4.12. The van der Waals surface area contributed by atoms with Gasteiger partial charge < -0.3 is 5.73 Å². The Morgan fingerprint density at radius 1 is 0.938 bits per heavy atom. The molecule has 0 spiro atoms. The molecule has 0 bridgehead atoms. The molecule has 82 valence electrons. The Kier molecular flexibility index (Phi) is 2.95. The Bertz CT molecular complexity index is 483. The van der Waals surface area contributed by atoms with Gasteiger partial charge in [0, 0.05) is 5.69 Å². The standard InChI is InChI=1S/C15H17N/c1-3-12-5-8-13(9-6-12)14-7-4-11(2)15(16)10-14/h4-10H,3,16H2,1-2H3. The van der Waals surface area contributed by atoms with Crippen molar-refractivity contribution >= 4 is 5.69 Å². The van der Waals surface area contributed by atoms with Gasteiger partial charge in [-0.25, -0.2) is 0 Å². The van der Waals surface area contributed by atoms with E-state index in [-0.39, 0.29) is 0 Å². The summed E-state index contributed by atoms with van der Waals surface area (Å²) in [4.78, 5) is 0. The quantitative estimate of drug-likeness (QED) is 0.751. The molecule has 16 heavy (non-hydrogen) atoms. The Labute approximate surface area is 96.9 Å². The normalized spacial score (nSPS) is 10.4. The maximum absolute atomic E-state index is 5.91. The summed E-state index contributed by atoms with van der Waals surface area (Å²) in [5.41, 5.74) is 11.7. The zero-order valence-electron chi connectivity index (χ0n) is 9.83. The predicted octanol–water partition coefficient (Wildman–Crippen LogP) is 3.81. The average Bonchev–Trinajstić information content (AvgIpc) is 2.33. The predicted molar refractivity (Wildman–Crippen MR) is 70.4 cm³/mol. The molecule has 0 unspecified atom stereocenters. The minimum absolute atomic E-state index is 0.858. The van der Waals surface area contributed by atoms with Gasteiger partial charge in [-0.15, -0.1) is 0 Å². The fourth-order valence-corrected chi connectivity index (χ4v) is 1.75. The minimum atomic E-state index is 0.858. The van der Waals surface area contributed by atoms with Crippen LogP contribution in [-0.4, -0.2) is 0 Å². The van der Waals surface area contributed by atoms with Crippen molar-refractivity contribution in [1.29, 1.82) is 0 Å². The van der Waals surface area contributed by atoms with Crippen LogP contribution in [0.1, 0.15) is 18.1 Å². The van der Waals surface area contributed by atoms with Crippen molar-refractivity contribution in [2.24, 2.45) is 0 Å². The second-order valence-corrected chi connectivity index (χ2v) is 4.12. The molecule has 0 aliphatic carbocycles. The van der Waals surface area contributed by atoms with E-state index in [1.54, 1.807) is 0 Å². The molecule has 2 N–H and O–H groups in total. The number of aryl methyl sites for hydroxylation is 2. The lowest BCUT2D eigenvalue weighted by molar-refractivity contribution is 1.14. The third-order valence-corrected chi connectivity index (χ3v) is 2.97. The van der Waals surface area contributed by atoms with E-state index >= 15 is 0 Å². The lowest BCUT2D eigenvalue weighted by atomic mass is 10.0. The van der Waals surface area contributed by atoms with Gasteiger partial charge in [0.2, 0.25) is 0 Å². The van der Waals surface area contributed by atoms with Gasteiger partial charge in [-0.2, -0.15) is 0 Å². The van der Waals surface area contributed by atoms with Gasteiger partial charge in [0.05, 0.1) is 0 Å². The van der Waals surface area contributed by atoms with Gasteiger partial charge in [-0.3, -0.25) is 0 Å². The number of nitrogens with two attached hydrogens (primary N) is 1. The number of rotatable bonds is 2. The monoisotopic (exact) mass is 211 g/mol. The van der Waals surface area contributed by atoms with Crippen molar-refractivity contribution in [2.75, 3.05) is 5.73 Å². The summed E-state index contributed by atoms with van der Waals surface area (Å²) in [6.45, 7) is 4.19. The molecule has 0 aliphatic heterocycles. The largest absolute Gasteiger partial charge is 0.398 e. The SMILES string of the molecule is CCc1ccc(-c2ccc(C)c(N)c2)cc1. The Hall–Kier alpha value is -1.76. The molecule has 0 saturated carbocycles. The van der Waals surface area contributed by atoms with Crippen LogP contribution >= 0.6 is 0 Å². The van der Waals surface area contributed by atoms with Gasteiger partial charge in [0.25, 0.3) is 0 Å². The van der Waals surface area contributed by atoms with Crippen LogP contribution in [0.25, 0.3) is 11.1 Å². The first-order chi connectivity index (χ1) is 7.70. The molecule has 0 aliphatic rings. The molecule has 2 aromatic rings. The summed E-state index contributed by atoms with van der Waals surface area (Å²) in [7, 11) is 0. The van der Waals surface area contributed by atoms with Gasteiger partial charge in [0.15, 0.2) is 0 Å². The number of benzene rings is 2. The van der Waals surface area contributed by atoms with E-state index in [9.17, 15) is 0 Å². The van der Waals surface area contributed by atoms with Crippen molar-refractivity contribution in [1.82, 2.24) is 0 Å². The molecule has 0 saturated heterocycles. The summed E-state index contributed by atoms with van der Waals surface area (Å²) >= 11 is 0. The molecular weight excluding hydrogens is 194 g/mol. The Morgan fingerprint density at radius 3 is 2.12 bits per heavy atom. The van der Waals surface area contributed by atoms with E-state index < -0.39 is 0 Å². The van der Waals surface area contributed by atoms with Gasteiger partial charge >= 0.3 is 0 Å². The van der Waals surface area contributed by atoms with Crippen LogP contribution in [-0.2, 0) is 6.42 Å². The summed E-state index contributed by atoms with van der Waals surface area (Å²) in [6, 6.07) is 14.9. The van der Waals surface area contributed by atoms with Crippen molar-refractivity contribution in [2.45, 2.75) is 20.3 Å². The van der Waals surface area contributed by atoms with Crippen LogP contribution in [0.2, 0.25) is 0 Å². The summed E-state index contributed by atoms with van der Waals surface area (Å²) in [6.07, 6.45) is 1.08. The van der Waals surface area contributed by atoms with Crippen LogP contribution in [0.15, 0.2) is 42.5 Å². The first kappa shape index (κ1) is 10.7. The number of anilines is 1. The Morgan fingerprint density at radius 2 is 1.56 bits per heavy atom. The fourth-order valence-electron chi connectivity index (χ4n) is 1.75. The lowest BCUT2D eigenvalue weighted by Gasteiger charge is -2.06. The molecule has 1 heteroatoms. The van der Waals surface area contributed by atoms with E-state index in [0.717, 1.165) is 17.7 Å². The molecule has 0 amide bonds. The smallest absolute Gasteiger partial charge is 0.0349 e. The fraction of sp³-hybridized carbons (Fsp3) is 0.200. The van der Waals surface area contributed by atoms with Gasteiger partial charge in [-0.05, 0) is 41.7 Å². The van der Waals surface area contributed by atoms with Gasteiger partial charge in [-0.1, -0.05) is 43.3 Å². The van der Waals surface area contributed by atoms with E-state index in [4.69, 9.17) is 5.73 Å². The average molecular weight is 211 g/mol. The molecule has 0 atom stereocenters. The zero-order valence-corrected chi connectivity index (χ0v) is 9.83. The molecule has 0 aromatic heterocycles. The first-order valence-electron chi connectivity index (χ1n) is 5.66. The molecule has 2 rings (SSSR count). The van der Waals surface area contributed by atoms with Crippen molar-refractivity contribution in [3.63, 3.8) is 0 Å². The van der Waals surface area contributed by atoms with E-state index in [0.29, 0.717) is 0 Å². The third kappa shape index (κ3) is 2.08. The molecule has 2 aromatic carbocycles. The zero-order chi connectivity index (χ0) is 11.5. The van der Waals surface area contributed by atoms with Crippen LogP contribution < -0.4 is 5.73 Å². The molecule has 0 fully saturated rings. The molecule has 1 nitrogen and oxygen atoms in total. The summed E-state index contributed by atoms with van der Waals surface area (Å²) in [5.74, 6) is 0. The number of hydrogen-bond donors (Lipinski definition) is 1. The van der Waals surface area contributed by atoms with Crippen molar-refractivity contribution < 1.29 is 0 Å². The molecular formula is C15H17N. The highest BCUT2D eigenvalue weighted by Gasteiger charge is 2.00. The van der Waals surface area contributed by atoms with Crippen LogP contribution in [0, 0.1) is 6.92 Å². The molecule has 0 radical (unpaired) electrons. The Balaban J connectivity index is 2.38. The number of nitrogen functional groups attached to an aromatic ring is 1. The van der Waals surface area contributed by atoms with Crippen LogP contribution in [0.4, 0.5) is 5.69 Å². The van der Waals surface area contributed by atoms with Crippen molar-refractivity contribution in [3.05, 3.63) is 53.6 Å². The highest BCUT2D eigenvalue weighted by atomic mass is 14.5. The first-order valence-corrected chi connectivity index (χ1v) is 5.66. The number of hydrogen-bond acceptors (Lipinski definition) is 1. The highest BCUT2D eigenvalue weighted by molar-refractivity contribution is 5.69. The van der Waals surface area contributed by atoms with Crippen molar-refractivity contribution in [3.8, 4) is 11.1 Å². The maximum Gasteiger partial charge on any atom is 0.0349 e. The van der Waals surface area contributed by atoms with Crippen LogP contribution in [0.3, 0.4) is 0 Å². The summed E-state index contributed by atoms with van der Waals surface area (Å²) < 4.78 is 0. The summed E-state index contributed by atoms with van der Waals surface area (Å²) in [5, 5.41) is 0. The van der Waals surface area contributed by atoms with Crippen LogP contribution in [0.5, 0.6) is 0 Å².